The quantitative estimate of drug-likeness (QED) is 0.403. The van der Waals surface area contributed by atoms with Crippen molar-refractivity contribution >= 4 is 22.9 Å². The number of H-pyrrole nitrogens is 1. The molecule has 162 valence electrons. The molecule has 0 aliphatic heterocycles. The van der Waals surface area contributed by atoms with Crippen LogP contribution >= 0.6 is 11.3 Å². The number of thiazole rings is 1. The van der Waals surface area contributed by atoms with Crippen LogP contribution in [0.15, 0.2) is 53.9 Å². The molecule has 1 aliphatic rings. The number of nitrogens with zero attached hydrogens (tertiary/aromatic N) is 3. The molecule has 8 heteroatoms. The van der Waals surface area contributed by atoms with Crippen LogP contribution in [0.3, 0.4) is 0 Å². The molecule has 5 rings (SSSR count). The lowest BCUT2D eigenvalue weighted by Gasteiger charge is -2.05. The van der Waals surface area contributed by atoms with Crippen molar-refractivity contribution in [3.63, 3.8) is 0 Å². The van der Waals surface area contributed by atoms with Crippen molar-refractivity contribution in [1.29, 1.82) is 0 Å². The van der Waals surface area contributed by atoms with Gasteiger partial charge in [-0.25, -0.2) is 9.97 Å². The topological polar surface area (TPSA) is 92.8 Å². The summed E-state index contributed by atoms with van der Waals surface area (Å²) in [5.74, 6) is 2.89. The van der Waals surface area contributed by atoms with Crippen LogP contribution in [0, 0.1) is 6.92 Å². The number of aromatic amines is 1. The lowest BCUT2D eigenvalue weighted by atomic mass is 10.2. The van der Waals surface area contributed by atoms with Crippen LogP contribution in [-0.4, -0.2) is 26.1 Å². The molecule has 1 aliphatic carbocycles. The smallest absolute Gasteiger partial charge is 0.230 e. The van der Waals surface area contributed by atoms with Gasteiger partial charge in [-0.3, -0.25) is 9.89 Å². The first-order chi connectivity index (χ1) is 15.6. The first kappa shape index (κ1) is 20.4. The van der Waals surface area contributed by atoms with E-state index < -0.39 is 0 Å². The van der Waals surface area contributed by atoms with Gasteiger partial charge in [0.05, 0.1) is 12.1 Å². The van der Waals surface area contributed by atoms with Crippen molar-refractivity contribution in [3.8, 4) is 17.1 Å². The Kier molecular flexibility index (Phi) is 5.68. The standard InChI is InChI=1S/C24H23N5O2S/c1-15-2-10-20(11-3-15)31-13-22-26-19(14-32-22)12-21(30)25-18-8-6-17(7-9-18)24-27-23(28-29-24)16-4-5-16/h2-3,6-11,14,16H,4-5,12-13H2,1H3,(H,25,30)(H,27,28,29). The van der Waals surface area contributed by atoms with E-state index in [1.165, 1.54) is 29.7 Å². The number of hydrogen-bond acceptors (Lipinski definition) is 6. The number of carbonyl (C=O) groups is 1. The molecule has 0 radical (unpaired) electrons. The molecule has 0 unspecified atom stereocenters. The molecule has 7 nitrogen and oxygen atoms in total. The second-order valence-corrected chi connectivity index (χ2v) is 8.90. The van der Waals surface area contributed by atoms with Gasteiger partial charge in [0.2, 0.25) is 5.91 Å². The predicted molar refractivity (Wildman–Crippen MR) is 124 cm³/mol. The first-order valence-corrected chi connectivity index (χ1v) is 11.5. The fraction of sp³-hybridized carbons (Fsp3) is 0.250. The summed E-state index contributed by atoms with van der Waals surface area (Å²) < 4.78 is 5.76. The Balaban J connectivity index is 1.13. The highest BCUT2D eigenvalue weighted by Crippen LogP contribution is 2.38. The fourth-order valence-electron chi connectivity index (χ4n) is 3.29. The van der Waals surface area contributed by atoms with E-state index in [1.807, 2.05) is 60.8 Å². The van der Waals surface area contributed by atoms with E-state index in [-0.39, 0.29) is 12.3 Å². The first-order valence-electron chi connectivity index (χ1n) is 10.6. The highest BCUT2D eigenvalue weighted by molar-refractivity contribution is 7.09. The minimum absolute atomic E-state index is 0.108. The average molecular weight is 446 g/mol. The molecule has 1 fully saturated rings. The maximum absolute atomic E-state index is 12.4. The Hall–Kier alpha value is -3.52. The zero-order valence-electron chi connectivity index (χ0n) is 17.7. The Morgan fingerprint density at radius 2 is 1.91 bits per heavy atom. The van der Waals surface area contributed by atoms with E-state index in [0.717, 1.165) is 33.5 Å². The third-order valence-electron chi connectivity index (χ3n) is 5.22. The van der Waals surface area contributed by atoms with Crippen LogP contribution < -0.4 is 10.1 Å². The predicted octanol–water partition coefficient (Wildman–Crippen LogP) is 4.87. The third kappa shape index (κ3) is 5.03. The Morgan fingerprint density at radius 1 is 1.12 bits per heavy atom. The molecule has 2 aromatic carbocycles. The van der Waals surface area contributed by atoms with E-state index in [1.54, 1.807) is 0 Å². The van der Waals surface area contributed by atoms with Crippen molar-refractivity contribution in [2.45, 2.75) is 38.7 Å². The average Bonchev–Trinajstić information content (AvgIpc) is 3.35. The number of benzene rings is 2. The van der Waals surface area contributed by atoms with Crippen molar-refractivity contribution in [1.82, 2.24) is 20.2 Å². The summed E-state index contributed by atoms with van der Waals surface area (Å²) in [5, 5.41) is 13.0. The summed E-state index contributed by atoms with van der Waals surface area (Å²) in [4.78, 5) is 21.5. The van der Waals surface area contributed by atoms with E-state index in [2.05, 4.69) is 25.5 Å². The largest absolute Gasteiger partial charge is 0.486 e. The number of amides is 1. The Labute approximate surface area is 189 Å². The Bertz CT molecular complexity index is 1210. The monoisotopic (exact) mass is 445 g/mol. The van der Waals surface area contributed by atoms with Gasteiger partial charge >= 0.3 is 0 Å². The van der Waals surface area contributed by atoms with Crippen LogP contribution in [0.25, 0.3) is 11.4 Å². The molecule has 0 saturated heterocycles. The number of rotatable bonds is 8. The van der Waals surface area contributed by atoms with Gasteiger partial charge in [-0.1, -0.05) is 17.7 Å². The molecule has 2 N–H and O–H groups in total. The Morgan fingerprint density at radius 3 is 2.66 bits per heavy atom. The molecule has 0 bridgehead atoms. The van der Waals surface area contributed by atoms with Gasteiger partial charge in [0.25, 0.3) is 0 Å². The molecule has 0 spiro atoms. The summed E-state index contributed by atoms with van der Waals surface area (Å²) in [6.07, 6.45) is 2.58. The van der Waals surface area contributed by atoms with Gasteiger partial charge in [0.15, 0.2) is 5.82 Å². The van der Waals surface area contributed by atoms with Crippen LogP contribution in [0.5, 0.6) is 5.75 Å². The minimum Gasteiger partial charge on any atom is -0.486 e. The normalized spacial score (nSPS) is 13.2. The van der Waals surface area contributed by atoms with Crippen molar-refractivity contribution in [2.24, 2.45) is 0 Å². The van der Waals surface area contributed by atoms with Crippen LogP contribution in [0.2, 0.25) is 0 Å². The van der Waals surface area contributed by atoms with E-state index in [0.29, 0.717) is 18.3 Å². The lowest BCUT2D eigenvalue weighted by molar-refractivity contribution is -0.115. The zero-order valence-corrected chi connectivity index (χ0v) is 18.5. The fourth-order valence-corrected chi connectivity index (χ4v) is 4.00. The molecule has 2 aromatic heterocycles. The summed E-state index contributed by atoms with van der Waals surface area (Å²) in [6, 6.07) is 15.5. The molecular formula is C24H23N5O2S. The number of carbonyl (C=O) groups excluding carboxylic acids is 1. The van der Waals surface area contributed by atoms with Gasteiger partial charge in [0.1, 0.15) is 23.2 Å². The van der Waals surface area contributed by atoms with E-state index in [4.69, 9.17) is 4.74 Å². The van der Waals surface area contributed by atoms with Gasteiger partial charge in [0, 0.05) is 22.5 Å². The number of hydrogen-bond donors (Lipinski definition) is 2. The number of aromatic nitrogens is 4. The van der Waals surface area contributed by atoms with E-state index in [9.17, 15) is 4.79 Å². The molecule has 0 atom stereocenters. The van der Waals surface area contributed by atoms with Gasteiger partial charge in [-0.15, -0.1) is 11.3 Å². The SMILES string of the molecule is Cc1ccc(OCc2nc(CC(=O)Nc3ccc(-c4n[nH]c(C5CC5)n4)cc3)cs2)cc1. The zero-order chi connectivity index (χ0) is 21.9. The summed E-state index contributed by atoms with van der Waals surface area (Å²) in [5.41, 5.74) is 3.58. The number of ether oxygens (including phenoxy) is 1. The number of nitrogens with one attached hydrogen (secondary N) is 2. The van der Waals surface area contributed by atoms with Crippen molar-refractivity contribution in [2.75, 3.05) is 5.32 Å². The van der Waals surface area contributed by atoms with Crippen LogP contribution in [0.1, 0.15) is 40.8 Å². The summed E-state index contributed by atoms with van der Waals surface area (Å²) in [7, 11) is 0. The second kappa shape index (κ2) is 8.92. The maximum Gasteiger partial charge on any atom is 0.230 e. The van der Waals surface area contributed by atoms with Gasteiger partial charge < -0.3 is 10.1 Å². The maximum atomic E-state index is 12.4. The molecule has 4 aromatic rings. The second-order valence-electron chi connectivity index (χ2n) is 7.96. The van der Waals surface area contributed by atoms with Crippen molar-refractivity contribution in [3.05, 3.63) is 76.0 Å². The highest BCUT2D eigenvalue weighted by Gasteiger charge is 2.27. The molecule has 2 heterocycles. The van der Waals surface area contributed by atoms with Crippen molar-refractivity contribution < 1.29 is 9.53 Å². The number of anilines is 1. The van der Waals surface area contributed by atoms with E-state index >= 15 is 0 Å². The van der Waals surface area contributed by atoms with Gasteiger partial charge in [-0.05, 0) is 56.2 Å². The summed E-state index contributed by atoms with van der Waals surface area (Å²) in [6.45, 7) is 2.43. The third-order valence-corrected chi connectivity index (χ3v) is 6.09. The minimum atomic E-state index is -0.108. The molecular weight excluding hydrogens is 422 g/mol. The van der Waals surface area contributed by atoms with Gasteiger partial charge in [-0.2, -0.15) is 5.10 Å². The van der Waals surface area contributed by atoms with Crippen LogP contribution in [0.4, 0.5) is 5.69 Å². The number of aryl methyl sites for hydroxylation is 1. The highest BCUT2D eigenvalue weighted by atomic mass is 32.1. The molecule has 32 heavy (non-hydrogen) atoms. The lowest BCUT2D eigenvalue weighted by Crippen LogP contribution is -2.14. The molecule has 1 saturated carbocycles. The summed E-state index contributed by atoms with van der Waals surface area (Å²) >= 11 is 1.50. The van der Waals surface area contributed by atoms with Crippen LogP contribution in [-0.2, 0) is 17.8 Å². The molecule has 1 amide bonds.